The van der Waals surface area contributed by atoms with Crippen LogP contribution in [-0.4, -0.2) is 20.9 Å². The topological polar surface area (TPSA) is 64.4 Å². The fourth-order valence-electron chi connectivity index (χ4n) is 1.99. The standard InChI is InChI=1S/C17H20N2O3/c1-13(2)11-19-15(8-9-17(20)21)10-16(18-19)22-12-14-6-4-3-5-7-14/h3-10,13H,11-12H2,1-2H3,(H,20,21). The van der Waals surface area contributed by atoms with E-state index < -0.39 is 5.97 Å². The average molecular weight is 300 g/mol. The Labute approximate surface area is 129 Å². The van der Waals surface area contributed by atoms with Crippen molar-refractivity contribution in [2.45, 2.75) is 27.0 Å². The molecule has 0 aliphatic heterocycles. The van der Waals surface area contributed by atoms with Crippen LogP contribution in [0.15, 0.2) is 42.5 Å². The first-order valence-corrected chi connectivity index (χ1v) is 7.20. The van der Waals surface area contributed by atoms with Gasteiger partial charge in [-0.3, -0.25) is 4.68 Å². The predicted octanol–water partition coefficient (Wildman–Crippen LogP) is 3.22. The van der Waals surface area contributed by atoms with Crippen LogP contribution in [0, 0.1) is 5.92 Å². The molecule has 2 aromatic rings. The molecule has 0 spiro atoms. The summed E-state index contributed by atoms with van der Waals surface area (Å²) in [5, 5.41) is 13.2. The van der Waals surface area contributed by atoms with Crippen molar-refractivity contribution in [1.82, 2.24) is 9.78 Å². The van der Waals surface area contributed by atoms with E-state index >= 15 is 0 Å². The molecule has 1 N–H and O–H groups in total. The third-order valence-electron chi connectivity index (χ3n) is 2.95. The van der Waals surface area contributed by atoms with E-state index in [9.17, 15) is 4.79 Å². The van der Waals surface area contributed by atoms with E-state index in [4.69, 9.17) is 9.84 Å². The number of carboxylic acids is 1. The first kappa shape index (κ1) is 15.8. The van der Waals surface area contributed by atoms with Gasteiger partial charge >= 0.3 is 5.97 Å². The molecule has 0 bridgehead atoms. The number of rotatable bonds is 7. The molecule has 0 amide bonds. The quantitative estimate of drug-likeness (QED) is 0.797. The lowest BCUT2D eigenvalue weighted by Gasteiger charge is -2.07. The fraction of sp³-hybridized carbons (Fsp3) is 0.294. The van der Waals surface area contributed by atoms with Crippen molar-refractivity contribution in [2.24, 2.45) is 5.92 Å². The summed E-state index contributed by atoms with van der Waals surface area (Å²) in [6.07, 6.45) is 2.64. The molecule has 0 aliphatic rings. The number of benzene rings is 1. The zero-order valence-electron chi connectivity index (χ0n) is 12.8. The minimum absolute atomic E-state index is 0.402. The summed E-state index contributed by atoms with van der Waals surface area (Å²) in [6, 6.07) is 11.6. The Bertz CT molecular complexity index is 645. The molecule has 0 saturated heterocycles. The van der Waals surface area contributed by atoms with Gasteiger partial charge in [-0.15, -0.1) is 5.10 Å². The van der Waals surface area contributed by atoms with Gasteiger partial charge in [-0.25, -0.2) is 4.79 Å². The van der Waals surface area contributed by atoms with Crippen molar-refractivity contribution in [3.05, 3.63) is 53.7 Å². The molecule has 22 heavy (non-hydrogen) atoms. The number of hydrogen-bond donors (Lipinski definition) is 1. The minimum atomic E-state index is -0.982. The summed E-state index contributed by atoms with van der Waals surface area (Å²) < 4.78 is 7.46. The highest BCUT2D eigenvalue weighted by molar-refractivity contribution is 5.84. The zero-order valence-corrected chi connectivity index (χ0v) is 12.8. The van der Waals surface area contributed by atoms with E-state index in [1.165, 1.54) is 6.08 Å². The van der Waals surface area contributed by atoms with Gasteiger partial charge in [0.15, 0.2) is 0 Å². The first-order chi connectivity index (χ1) is 10.5. The van der Waals surface area contributed by atoms with Gasteiger partial charge in [0, 0.05) is 18.7 Å². The van der Waals surface area contributed by atoms with Crippen molar-refractivity contribution in [3.8, 4) is 5.88 Å². The lowest BCUT2D eigenvalue weighted by atomic mass is 10.2. The van der Waals surface area contributed by atoms with Crippen molar-refractivity contribution < 1.29 is 14.6 Å². The highest BCUT2D eigenvalue weighted by Crippen LogP contribution is 2.17. The van der Waals surface area contributed by atoms with E-state index in [1.807, 2.05) is 30.3 Å². The highest BCUT2D eigenvalue weighted by Gasteiger charge is 2.09. The molecule has 0 saturated carbocycles. The van der Waals surface area contributed by atoms with Crippen LogP contribution < -0.4 is 4.74 Å². The first-order valence-electron chi connectivity index (χ1n) is 7.20. The van der Waals surface area contributed by atoms with Crippen LogP contribution in [0.2, 0.25) is 0 Å². The Hall–Kier alpha value is -2.56. The van der Waals surface area contributed by atoms with Crippen LogP contribution in [0.4, 0.5) is 0 Å². The van der Waals surface area contributed by atoms with Crippen molar-refractivity contribution in [3.63, 3.8) is 0 Å². The lowest BCUT2D eigenvalue weighted by Crippen LogP contribution is -2.08. The maximum atomic E-state index is 10.7. The van der Waals surface area contributed by atoms with Gasteiger partial charge in [0.25, 0.3) is 0 Å². The molecular formula is C17H20N2O3. The summed E-state index contributed by atoms with van der Waals surface area (Å²) in [5.41, 5.74) is 1.78. The van der Waals surface area contributed by atoms with E-state index in [0.29, 0.717) is 24.9 Å². The number of hydrogen-bond acceptors (Lipinski definition) is 3. The zero-order chi connectivity index (χ0) is 15.9. The Morgan fingerprint density at radius 2 is 2.09 bits per heavy atom. The Morgan fingerprint density at radius 3 is 2.73 bits per heavy atom. The minimum Gasteiger partial charge on any atom is -0.478 e. The molecule has 1 aromatic heterocycles. The van der Waals surface area contributed by atoms with Crippen molar-refractivity contribution in [2.75, 3.05) is 0 Å². The van der Waals surface area contributed by atoms with E-state index in [1.54, 1.807) is 10.7 Å². The molecule has 0 fully saturated rings. The molecule has 0 radical (unpaired) electrons. The number of ether oxygens (including phenoxy) is 1. The number of carbonyl (C=O) groups is 1. The van der Waals surface area contributed by atoms with Crippen LogP contribution in [0.1, 0.15) is 25.1 Å². The van der Waals surface area contributed by atoms with Crippen LogP contribution in [-0.2, 0) is 17.9 Å². The van der Waals surface area contributed by atoms with Crippen molar-refractivity contribution in [1.29, 1.82) is 0 Å². The van der Waals surface area contributed by atoms with Crippen LogP contribution >= 0.6 is 0 Å². The van der Waals surface area contributed by atoms with Gasteiger partial charge in [-0.2, -0.15) is 0 Å². The number of nitrogens with zero attached hydrogens (tertiary/aromatic N) is 2. The van der Waals surface area contributed by atoms with Gasteiger partial charge in [0.1, 0.15) is 6.61 Å². The molecule has 2 rings (SSSR count). The molecule has 5 nitrogen and oxygen atoms in total. The number of aliphatic carboxylic acids is 1. The fourth-order valence-corrected chi connectivity index (χ4v) is 1.99. The molecule has 5 heteroatoms. The lowest BCUT2D eigenvalue weighted by molar-refractivity contribution is -0.131. The number of carboxylic acid groups (broad SMARTS) is 1. The van der Waals surface area contributed by atoms with Crippen LogP contribution in [0.25, 0.3) is 6.08 Å². The third kappa shape index (κ3) is 4.77. The molecule has 0 aliphatic carbocycles. The third-order valence-corrected chi connectivity index (χ3v) is 2.95. The van der Waals surface area contributed by atoms with Gasteiger partial charge in [-0.1, -0.05) is 44.2 Å². The number of aromatic nitrogens is 2. The summed E-state index contributed by atoms with van der Waals surface area (Å²) in [6.45, 7) is 5.29. The Morgan fingerprint density at radius 1 is 1.36 bits per heavy atom. The Kier molecular flexibility index (Phi) is 5.36. The van der Waals surface area contributed by atoms with E-state index in [-0.39, 0.29) is 0 Å². The maximum absolute atomic E-state index is 10.7. The van der Waals surface area contributed by atoms with Gasteiger partial charge < -0.3 is 9.84 Å². The van der Waals surface area contributed by atoms with E-state index in [0.717, 1.165) is 17.3 Å². The molecule has 0 unspecified atom stereocenters. The van der Waals surface area contributed by atoms with Gasteiger partial charge in [0.2, 0.25) is 5.88 Å². The summed E-state index contributed by atoms with van der Waals surface area (Å²) in [7, 11) is 0. The second-order valence-electron chi connectivity index (χ2n) is 5.43. The second kappa shape index (κ2) is 7.45. The van der Waals surface area contributed by atoms with Gasteiger partial charge in [-0.05, 0) is 17.6 Å². The Balaban J connectivity index is 2.12. The summed E-state index contributed by atoms with van der Waals surface area (Å²) in [4.78, 5) is 10.7. The molecular weight excluding hydrogens is 280 g/mol. The normalized spacial score (nSPS) is 11.2. The molecule has 1 heterocycles. The molecule has 1 aromatic carbocycles. The molecule has 116 valence electrons. The highest BCUT2D eigenvalue weighted by atomic mass is 16.5. The van der Waals surface area contributed by atoms with Crippen molar-refractivity contribution >= 4 is 12.0 Å². The SMILES string of the molecule is CC(C)Cn1nc(OCc2ccccc2)cc1C=CC(=O)O. The van der Waals surface area contributed by atoms with Crippen LogP contribution in [0.3, 0.4) is 0 Å². The monoisotopic (exact) mass is 300 g/mol. The smallest absolute Gasteiger partial charge is 0.328 e. The second-order valence-corrected chi connectivity index (χ2v) is 5.43. The summed E-state index contributed by atoms with van der Waals surface area (Å²) in [5.74, 6) is -0.0857. The van der Waals surface area contributed by atoms with E-state index in [2.05, 4.69) is 18.9 Å². The summed E-state index contributed by atoms with van der Waals surface area (Å²) >= 11 is 0. The maximum Gasteiger partial charge on any atom is 0.328 e. The van der Waals surface area contributed by atoms with Crippen LogP contribution in [0.5, 0.6) is 5.88 Å². The predicted molar refractivity (Wildman–Crippen MR) is 84.5 cm³/mol. The molecule has 0 atom stereocenters. The van der Waals surface area contributed by atoms with Gasteiger partial charge in [0.05, 0.1) is 5.69 Å². The largest absolute Gasteiger partial charge is 0.478 e. The average Bonchev–Trinajstić information content (AvgIpc) is 2.85.